The Labute approximate surface area is 161 Å². The van der Waals surface area contributed by atoms with Gasteiger partial charge in [0.2, 0.25) is 0 Å². The van der Waals surface area contributed by atoms with E-state index in [1.165, 1.54) is 49.7 Å². The number of carbonyl (C=O) groups is 1. The van der Waals surface area contributed by atoms with Crippen molar-refractivity contribution in [2.24, 2.45) is 23.2 Å². The van der Waals surface area contributed by atoms with E-state index in [1.54, 1.807) is 0 Å². The molecule has 2 aromatic carbocycles. The van der Waals surface area contributed by atoms with Crippen LogP contribution in [-0.2, 0) is 16.1 Å². The van der Waals surface area contributed by atoms with Crippen molar-refractivity contribution in [2.45, 2.75) is 51.2 Å². The van der Waals surface area contributed by atoms with Crippen molar-refractivity contribution in [3.8, 4) is 11.1 Å². The Hall–Kier alpha value is -1.93. The SMILES string of the molecule is O=CC(OCc1ccc(-c2ccccc2)cc1)C12CC3CC(CC(C3)C1)C2. The molecule has 4 fully saturated rings. The third kappa shape index (κ3) is 3.25. The van der Waals surface area contributed by atoms with Crippen LogP contribution in [0.3, 0.4) is 0 Å². The van der Waals surface area contributed by atoms with Crippen LogP contribution in [0.5, 0.6) is 0 Å². The molecule has 2 heteroatoms. The monoisotopic (exact) mass is 360 g/mol. The van der Waals surface area contributed by atoms with Crippen molar-refractivity contribution in [1.29, 1.82) is 0 Å². The van der Waals surface area contributed by atoms with E-state index in [9.17, 15) is 4.79 Å². The number of hydrogen-bond acceptors (Lipinski definition) is 2. The van der Waals surface area contributed by atoms with Gasteiger partial charge in [0.15, 0.2) is 0 Å². The minimum Gasteiger partial charge on any atom is -0.365 e. The van der Waals surface area contributed by atoms with Crippen molar-refractivity contribution >= 4 is 6.29 Å². The van der Waals surface area contributed by atoms with E-state index >= 15 is 0 Å². The van der Waals surface area contributed by atoms with Gasteiger partial charge in [-0.05, 0) is 73.0 Å². The zero-order valence-electron chi connectivity index (χ0n) is 15.8. The highest BCUT2D eigenvalue weighted by molar-refractivity contribution is 5.63. The quantitative estimate of drug-likeness (QED) is 0.622. The van der Waals surface area contributed by atoms with Gasteiger partial charge < -0.3 is 9.53 Å². The molecular formula is C25H28O2. The maximum absolute atomic E-state index is 12.0. The van der Waals surface area contributed by atoms with Gasteiger partial charge in [-0.2, -0.15) is 0 Å². The van der Waals surface area contributed by atoms with Gasteiger partial charge in [-0.3, -0.25) is 0 Å². The molecule has 2 aromatic rings. The van der Waals surface area contributed by atoms with Crippen molar-refractivity contribution in [1.82, 2.24) is 0 Å². The number of hydrogen-bond donors (Lipinski definition) is 0. The van der Waals surface area contributed by atoms with Crippen LogP contribution in [0.25, 0.3) is 11.1 Å². The fourth-order valence-corrected chi connectivity index (χ4v) is 6.50. The molecule has 0 amide bonds. The van der Waals surface area contributed by atoms with Crippen LogP contribution in [-0.4, -0.2) is 12.4 Å². The highest BCUT2D eigenvalue weighted by Crippen LogP contribution is 2.61. The average Bonchev–Trinajstić information content (AvgIpc) is 2.68. The molecule has 4 bridgehead atoms. The number of aldehydes is 1. The van der Waals surface area contributed by atoms with E-state index in [0.717, 1.165) is 29.6 Å². The first-order valence-corrected chi connectivity index (χ1v) is 10.5. The molecule has 6 rings (SSSR count). The Morgan fingerprint density at radius 1 is 0.852 bits per heavy atom. The standard InChI is InChI=1S/C25H28O2/c26-16-24(25-13-19-10-20(14-25)12-21(11-19)15-25)27-17-18-6-8-23(9-7-18)22-4-2-1-3-5-22/h1-9,16,19-21,24H,10-15,17H2. The van der Waals surface area contributed by atoms with Gasteiger partial charge in [0.25, 0.3) is 0 Å². The normalized spacial score (nSPS) is 32.4. The molecule has 4 saturated carbocycles. The highest BCUT2D eigenvalue weighted by Gasteiger charge is 2.54. The van der Waals surface area contributed by atoms with Crippen LogP contribution in [0.2, 0.25) is 0 Å². The average molecular weight is 360 g/mol. The van der Waals surface area contributed by atoms with Crippen molar-refractivity contribution < 1.29 is 9.53 Å². The van der Waals surface area contributed by atoms with Crippen LogP contribution < -0.4 is 0 Å². The first kappa shape index (κ1) is 17.2. The molecule has 0 saturated heterocycles. The Morgan fingerprint density at radius 2 is 1.41 bits per heavy atom. The lowest BCUT2D eigenvalue weighted by molar-refractivity contribution is -0.156. The Balaban J connectivity index is 1.27. The highest BCUT2D eigenvalue weighted by atomic mass is 16.5. The number of ether oxygens (including phenoxy) is 1. The van der Waals surface area contributed by atoms with E-state index in [-0.39, 0.29) is 11.5 Å². The van der Waals surface area contributed by atoms with E-state index in [4.69, 9.17) is 4.74 Å². The van der Waals surface area contributed by atoms with Gasteiger partial charge in [0.1, 0.15) is 12.4 Å². The van der Waals surface area contributed by atoms with Gasteiger partial charge in [-0.25, -0.2) is 0 Å². The molecule has 1 atom stereocenters. The van der Waals surface area contributed by atoms with Crippen molar-refractivity contribution in [3.63, 3.8) is 0 Å². The zero-order valence-corrected chi connectivity index (χ0v) is 15.8. The minimum atomic E-state index is -0.236. The summed E-state index contributed by atoms with van der Waals surface area (Å²) < 4.78 is 6.24. The summed E-state index contributed by atoms with van der Waals surface area (Å²) in [5.74, 6) is 2.52. The predicted octanol–water partition coefficient (Wildman–Crippen LogP) is 5.65. The minimum absolute atomic E-state index is 0.125. The zero-order chi connectivity index (χ0) is 18.3. The summed E-state index contributed by atoms with van der Waals surface area (Å²) >= 11 is 0. The first-order chi connectivity index (χ1) is 13.2. The molecule has 0 aromatic heterocycles. The number of carbonyl (C=O) groups excluding carboxylic acids is 1. The fourth-order valence-electron chi connectivity index (χ4n) is 6.50. The lowest BCUT2D eigenvalue weighted by Crippen LogP contribution is -2.52. The molecule has 27 heavy (non-hydrogen) atoms. The van der Waals surface area contributed by atoms with Crippen LogP contribution in [0.4, 0.5) is 0 Å². The van der Waals surface area contributed by atoms with Gasteiger partial charge in [0.05, 0.1) is 6.61 Å². The summed E-state index contributed by atoms with van der Waals surface area (Å²) in [5.41, 5.74) is 3.71. The van der Waals surface area contributed by atoms with Crippen LogP contribution >= 0.6 is 0 Å². The third-order valence-electron chi connectivity index (χ3n) is 7.30. The van der Waals surface area contributed by atoms with Crippen LogP contribution in [0.1, 0.15) is 44.1 Å². The van der Waals surface area contributed by atoms with Crippen LogP contribution in [0, 0.1) is 23.2 Å². The van der Waals surface area contributed by atoms with Gasteiger partial charge in [-0.1, -0.05) is 54.6 Å². The van der Waals surface area contributed by atoms with Crippen molar-refractivity contribution in [2.75, 3.05) is 0 Å². The molecular weight excluding hydrogens is 332 g/mol. The number of rotatable bonds is 6. The maximum atomic E-state index is 12.0. The summed E-state index contributed by atoms with van der Waals surface area (Å²) in [4.78, 5) is 12.0. The number of benzene rings is 2. The van der Waals surface area contributed by atoms with E-state index in [1.807, 2.05) is 6.07 Å². The molecule has 140 valence electrons. The van der Waals surface area contributed by atoms with E-state index in [0.29, 0.717) is 6.61 Å². The molecule has 2 nitrogen and oxygen atoms in total. The summed E-state index contributed by atoms with van der Waals surface area (Å²) in [5, 5.41) is 0. The lowest BCUT2D eigenvalue weighted by Gasteiger charge is -2.58. The Bertz CT molecular complexity index is 758. The summed E-state index contributed by atoms with van der Waals surface area (Å²) in [6.07, 6.45) is 8.66. The van der Waals surface area contributed by atoms with E-state index in [2.05, 4.69) is 48.5 Å². The Morgan fingerprint density at radius 3 is 1.96 bits per heavy atom. The largest absolute Gasteiger partial charge is 0.365 e. The molecule has 0 spiro atoms. The second-order valence-corrected chi connectivity index (χ2v) is 9.21. The first-order valence-electron chi connectivity index (χ1n) is 10.5. The molecule has 1 unspecified atom stereocenters. The predicted molar refractivity (Wildman–Crippen MR) is 107 cm³/mol. The Kier molecular flexibility index (Phi) is 4.40. The van der Waals surface area contributed by atoms with Gasteiger partial charge in [0, 0.05) is 5.41 Å². The molecule has 0 radical (unpaired) electrons. The lowest BCUT2D eigenvalue weighted by atomic mass is 9.48. The summed E-state index contributed by atoms with van der Waals surface area (Å²) in [6.45, 7) is 0.528. The van der Waals surface area contributed by atoms with Crippen molar-refractivity contribution in [3.05, 3.63) is 60.2 Å². The van der Waals surface area contributed by atoms with Gasteiger partial charge >= 0.3 is 0 Å². The molecule has 4 aliphatic rings. The van der Waals surface area contributed by atoms with Gasteiger partial charge in [-0.15, -0.1) is 0 Å². The fraction of sp³-hybridized carbons (Fsp3) is 0.480. The van der Waals surface area contributed by atoms with E-state index < -0.39 is 0 Å². The maximum Gasteiger partial charge on any atom is 0.149 e. The molecule has 4 aliphatic carbocycles. The second-order valence-electron chi connectivity index (χ2n) is 9.21. The summed E-state index contributed by atoms with van der Waals surface area (Å²) in [7, 11) is 0. The molecule has 0 heterocycles. The third-order valence-corrected chi connectivity index (χ3v) is 7.30. The topological polar surface area (TPSA) is 26.3 Å². The second kappa shape index (κ2) is 6.91. The summed E-state index contributed by atoms with van der Waals surface area (Å²) in [6, 6.07) is 19.0. The van der Waals surface area contributed by atoms with Crippen LogP contribution in [0.15, 0.2) is 54.6 Å². The molecule has 0 aliphatic heterocycles. The molecule has 0 N–H and O–H groups in total. The smallest absolute Gasteiger partial charge is 0.149 e.